The third-order valence-electron chi connectivity index (χ3n) is 3.25. The molecule has 3 aromatic rings. The highest BCUT2D eigenvalue weighted by Gasteiger charge is 2.12. The first-order valence-corrected chi connectivity index (χ1v) is 8.08. The Morgan fingerprint density at radius 1 is 1.38 bits per heavy atom. The molecule has 7 nitrogen and oxygen atoms in total. The number of hydrogen-bond acceptors (Lipinski definition) is 6. The fourth-order valence-corrected chi connectivity index (χ4v) is 2.62. The summed E-state index contributed by atoms with van der Waals surface area (Å²) in [6.45, 7) is 0.348. The van der Waals surface area contributed by atoms with E-state index in [0.717, 1.165) is 5.69 Å². The van der Waals surface area contributed by atoms with E-state index in [2.05, 4.69) is 15.4 Å². The minimum atomic E-state index is -0.243. The van der Waals surface area contributed by atoms with Crippen molar-refractivity contribution >= 4 is 22.9 Å². The molecule has 0 bridgehead atoms. The highest BCUT2D eigenvalue weighted by molar-refractivity contribution is 7.07. The average Bonchev–Trinajstić information content (AvgIpc) is 3.24. The maximum absolute atomic E-state index is 12.3. The van der Waals surface area contributed by atoms with E-state index in [0.29, 0.717) is 29.4 Å². The Kier molecular flexibility index (Phi) is 4.76. The maximum Gasteiger partial charge on any atom is 0.255 e. The molecule has 0 atom stereocenters. The summed E-state index contributed by atoms with van der Waals surface area (Å²) in [6.07, 6.45) is 3.31. The van der Waals surface area contributed by atoms with E-state index in [1.165, 1.54) is 18.4 Å². The summed E-state index contributed by atoms with van der Waals surface area (Å²) in [5.41, 5.74) is 3.70. The lowest BCUT2D eigenvalue weighted by atomic mass is 10.2. The molecule has 8 heteroatoms. The van der Waals surface area contributed by atoms with Crippen LogP contribution in [0, 0.1) is 0 Å². The Balaban J connectivity index is 1.71. The van der Waals surface area contributed by atoms with Crippen LogP contribution in [0.15, 0.2) is 41.5 Å². The second-order valence-corrected chi connectivity index (χ2v) is 5.71. The van der Waals surface area contributed by atoms with Crippen molar-refractivity contribution in [3.05, 3.63) is 52.7 Å². The molecule has 0 aliphatic carbocycles. The molecule has 0 saturated heterocycles. The number of aryl methyl sites for hydroxylation is 1. The molecule has 2 aromatic heterocycles. The van der Waals surface area contributed by atoms with Gasteiger partial charge < -0.3 is 14.8 Å². The minimum absolute atomic E-state index is 0.243. The van der Waals surface area contributed by atoms with Gasteiger partial charge >= 0.3 is 0 Å². The van der Waals surface area contributed by atoms with Gasteiger partial charge in [0.25, 0.3) is 5.91 Å². The van der Waals surface area contributed by atoms with Gasteiger partial charge in [0.1, 0.15) is 6.61 Å². The Hall–Kier alpha value is -2.87. The molecular weight excluding hydrogens is 328 g/mol. The molecule has 124 valence electrons. The first-order valence-electron chi connectivity index (χ1n) is 7.13. The third-order valence-corrected chi connectivity index (χ3v) is 3.88. The SMILES string of the molecule is COc1cc(C(=O)Nc2cnn(C)c2)ccc1OCc1cscn1. The summed E-state index contributed by atoms with van der Waals surface area (Å²) >= 11 is 1.51. The van der Waals surface area contributed by atoms with Crippen molar-refractivity contribution in [2.75, 3.05) is 12.4 Å². The molecule has 0 aliphatic heterocycles. The van der Waals surface area contributed by atoms with Crippen LogP contribution in [0.2, 0.25) is 0 Å². The zero-order valence-electron chi connectivity index (χ0n) is 13.2. The van der Waals surface area contributed by atoms with Gasteiger partial charge in [-0.3, -0.25) is 9.48 Å². The first kappa shape index (κ1) is 16.0. The van der Waals surface area contributed by atoms with Crippen molar-refractivity contribution in [1.82, 2.24) is 14.8 Å². The number of hydrogen-bond donors (Lipinski definition) is 1. The van der Waals surface area contributed by atoms with E-state index in [1.807, 2.05) is 5.38 Å². The van der Waals surface area contributed by atoms with E-state index in [-0.39, 0.29) is 5.91 Å². The van der Waals surface area contributed by atoms with Crippen molar-refractivity contribution in [2.24, 2.45) is 7.05 Å². The third kappa shape index (κ3) is 3.72. The van der Waals surface area contributed by atoms with Gasteiger partial charge in [-0.1, -0.05) is 0 Å². The lowest BCUT2D eigenvalue weighted by Crippen LogP contribution is -2.11. The lowest BCUT2D eigenvalue weighted by Gasteiger charge is -2.11. The molecule has 2 heterocycles. The van der Waals surface area contributed by atoms with Gasteiger partial charge in [-0.15, -0.1) is 11.3 Å². The summed E-state index contributed by atoms with van der Waals surface area (Å²) < 4.78 is 12.6. The Morgan fingerprint density at radius 2 is 2.25 bits per heavy atom. The normalized spacial score (nSPS) is 10.4. The van der Waals surface area contributed by atoms with Gasteiger partial charge in [0.2, 0.25) is 0 Å². The van der Waals surface area contributed by atoms with E-state index in [4.69, 9.17) is 9.47 Å². The smallest absolute Gasteiger partial charge is 0.255 e. The molecule has 1 N–H and O–H groups in total. The molecule has 0 radical (unpaired) electrons. The van der Waals surface area contributed by atoms with Crippen molar-refractivity contribution in [1.29, 1.82) is 0 Å². The number of thiazole rings is 1. The Morgan fingerprint density at radius 3 is 2.92 bits per heavy atom. The maximum atomic E-state index is 12.3. The highest BCUT2D eigenvalue weighted by atomic mass is 32.1. The van der Waals surface area contributed by atoms with Gasteiger partial charge in [-0.25, -0.2) is 4.98 Å². The number of nitrogens with one attached hydrogen (secondary N) is 1. The molecular formula is C16H16N4O3S. The van der Waals surface area contributed by atoms with E-state index >= 15 is 0 Å². The number of carbonyl (C=O) groups excluding carboxylic acids is 1. The predicted molar refractivity (Wildman–Crippen MR) is 90.6 cm³/mol. The van der Waals surface area contributed by atoms with Crippen LogP contribution in [0.25, 0.3) is 0 Å². The molecule has 3 rings (SSSR count). The van der Waals surface area contributed by atoms with Crippen molar-refractivity contribution < 1.29 is 14.3 Å². The number of ether oxygens (including phenoxy) is 2. The molecule has 0 fully saturated rings. The molecule has 0 unspecified atom stereocenters. The summed E-state index contributed by atoms with van der Waals surface area (Å²) in [4.78, 5) is 16.5. The average molecular weight is 344 g/mol. The summed E-state index contributed by atoms with van der Waals surface area (Å²) in [5.74, 6) is 0.805. The molecule has 0 aliphatic rings. The van der Waals surface area contributed by atoms with E-state index in [9.17, 15) is 4.79 Å². The van der Waals surface area contributed by atoms with Crippen LogP contribution < -0.4 is 14.8 Å². The van der Waals surface area contributed by atoms with Gasteiger partial charge in [-0.2, -0.15) is 5.10 Å². The monoisotopic (exact) mass is 344 g/mol. The fraction of sp³-hybridized carbons (Fsp3) is 0.188. The van der Waals surface area contributed by atoms with Crippen LogP contribution in [-0.2, 0) is 13.7 Å². The topological polar surface area (TPSA) is 78.3 Å². The largest absolute Gasteiger partial charge is 0.493 e. The summed E-state index contributed by atoms with van der Waals surface area (Å²) in [5, 5.41) is 8.71. The fourth-order valence-electron chi connectivity index (χ4n) is 2.08. The number of benzene rings is 1. The quantitative estimate of drug-likeness (QED) is 0.744. The molecule has 0 spiro atoms. The number of methoxy groups -OCH3 is 1. The second kappa shape index (κ2) is 7.14. The molecule has 24 heavy (non-hydrogen) atoms. The number of aromatic nitrogens is 3. The summed E-state index contributed by atoms with van der Waals surface area (Å²) in [6, 6.07) is 5.04. The number of amides is 1. The minimum Gasteiger partial charge on any atom is -0.493 e. The van der Waals surface area contributed by atoms with E-state index < -0.39 is 0 Å². The van der Waals surface area contributed by atoms with E-state index in [1.54, 1.807) is 47.8 Å². The predicted octanol–water partition coefficient (Wildman–Crippen LogP) is 2.72. The van der Waals surface area contributed by atoms with Crippen molar-refractivity contribution in [3.8, 4) is 11.5 Å². The van der Waals surface area contributed by atoms with Crippen LogP contribution in [-0.4, -0.2) is 27.8 Å². The van der Waals surface area contributed by atoms with Gasteiger partial charge in [0.15, 0.2) is 11.5 Å². The van der Waals surface area contributed by atoms with Crippen LogP contribution in [0.3, 0.4) is 0 Å². The van der Waals surface area contributed by atoms with Crippen LogP contribution in [0.5, 0.6) is 11.5 Å². The van der Waals surface area contributed by atoms with Crippen LogP contribution in [0.4, 0.5) is 5.69 Å². The second-order valence-electron chi connectivity index (χ2n) is 4.99. The van der Waals surface area contributed by atoms with Gasteiger partial charge in [0, 0.05) is 24.2 Å². The zero-order valence-corrected chi connectivity index (χ0v) is 14.0. The molecule has 0 saturated carbocycles. The van der Waals surface area contributed by atoms with Crippen LogP contribution >= 0.6 is 11.3 Å². The Labute approximate surface area is 142 Å². The molecule has 1 aromatic carbocycles. The van der Waals surface area contributed by atoms with Gasteiger partial charge in [-0.05, 0) is 18.2 Å². The van der Waals surface area contributed by atoms with Crippen molar-refractivity contribution in [2.45, 2.75) is 6.61 Å². The Bertz CT molecular complexity index is 830. The number of nitrogens with zero attached hydrogens (tertiary/aromatic N) is 3. The van der Waals surface area contributed by atoms with Crippen molar-refractivity contribution in [3.63, 3.8) is 0 Å². The summed E-state index contributed by atoms with van der Waals surface area (Å²) in [7, 11) is 3.32. The number of anilines is 1. The van der Waals surface area contributed by atoms with Crippen LogP contribution in [0.1, 0.15) is 16.1 Å². The molecule has 1 amide bonds. The van der Waals surface area contributed by atoms with Gasteiger partial charge in [0.05, 0.1) is 30.2 Å². The lowest BCUT2D eigenvalue weighted by molar-refractivity contribution is 0.102. The first-order chi connectivity index (χ1) is 11.7. The number of carbonyl (C=O) groups is 1. The highest BCUT2D eigenvalue weighted by Crippen LogP contribution is 2.29. The zero-order chi connectivity index (χ0) is 16.9. The number of rotatable bonds is 6. The standard InChI is InChI=1S/C16H16N4O3S/c1-20-7-12(6-18-20)19-16(21)11-3-4-14(15(5-11)22-2)23-8-13-9-24-10-17-13/h3-7,9-10H,8H2,1-2H3,(H,19,21).